The van der Waals surface area contributed by atoms with Gasteiger partial charge in [-0.3, -0.25) is 9.59 Å². The number of aliphatic carboxylic acids is 1. The molecule has 0 radical (unpaired) electrons. The molecule has 354 valence electrons. The zero-order valence-electron chi connectivity index (χ0n) is 39.5. The molecule has 64 heavy (non-hydrogen) atoms. The molecule has 0 saturated carbocycles. The van der Waals surface area contributed by atoms with Crippen molar-refractivity contribution >= 4 is 31.9 Å². The number of esters is 1. The molecule has 0 unspecified atom stereocenters. The molecule has 3 atom stereocenters. The Morgan fingerprint density at radius 1 is 0.906 bits per heavy atom. The van der Waals surface area contributed by atoms with Gasteiger partial charge >= 0.3 is 11.9 Å². The Hall–Kier alpha value is -4.32. The standard InChI is InChI=1S/C51H75NO11Si/c1-8-10-12-16-22-31-50(61-36-37-62-50)32-23-17-14-13-15-21-26-43(51(58,48(56)57)33-35-63-64(6,7)49(3,4)5)46(54)52-44(38-40-27-29-42(30-28-40)59-34-11-9-2)47(55)60-39-45(53)41-24-19-18-20-25-41/h18-21,24-30,43-44,58H,8,10,12-17,22-23,31-39H2,1-7H3,(H,52,54)(H,56,57)/t43-,44+,51+/m1/s1. The van der Waals surface area contributed by atoms with E-state index in [2.05, 4.69) is 44.9 Å². The molecule has 1 heterocycles. The number of benzene rings is 2. The number of hydrogen-bond acceptors (Lipinski definition) is 10. The van der Waals surface area contributed by atoms with E-state index in [9.17, 15) is 29.4 Å². The van der Waals surface area contributed by atoms with Crippen LogP contribution in [-0.4, -0.2) is 92.6 Å². The van der Waals surface area contributed by atoms with Crippen molar-refractivity contribution in [3.8, 4) is 17.6 Å². The lowest BCUT2D eigenvalue weighted by molar-refractivity contribution is -0.168. The highest BCUT2D eigenvalue weighted by Crippen LogP contribution is 2.37. The fourth-order valence-electron chi connectivity index (χ4n) is 7.24. The zero-order chi connectivity index (χ0) is 47.1. The van der Waals surface area contributed by atoms with Crippen LogP contribution in [0.1, 0.15) is 134 Å². The van der Waals surface area contributed by atoms with Crippen molar-refractivity contribution in [2.45, 2.75) is 160 Å². The highest BCUT2D eigenvalue weighted by atomic mass is 28.4. The number of unbranched alkanes of at least 4 members (excludes halogenated alkanes) is 8. The lowest BCUT2D eigenvalue weighted by Gasteiger charge is -2.37. The Balaban J connectivity index is 1.80. The van der Waals surface area contributed by atoms with Gasteiger partial charge in [0.15, 0.2) is 32.1 Å². The van der Waals surface area contributed by atoms with Gasteiger partial charge in [-0.2, -0.15) is 0 Å². The molecular weight excluding hydrogens is 831 g/mol. The molecular formula is C51H75NO11Si. The molecule has 0 aliphatic carbocycles. The minimum atomic E-state index is -2.59. The maximum Gasteiger partial charge on any atom is 0.336 e. The maximum atomic E-state index is 14.4. The lowest BCUT2D eigenvalue weighted by Crippen LogP contribution is -2.55. The highest BCUT2D eigenvalue weighted by Gasteiger charge is 2.48. The number of Topliss-reactive ketones (excluding diaryl/α,β-unsaturated/α-hetero) is 1. The van der Waals surface area contributed by atoms with Crippen LogP contribution >= 0.6 is 0 Å². The number of allylic oxidation sites excluding steroid dienone is 1. The van der Waals surface area contributed by atoms with Crippen LogP contribution in [0, 0.1) is 17.8 Å². The summed E-state index contributed by atoms with van der Waals surface area (Å²) in [5.74, 6) is 0.227. The largest absolute Gasteiger partial charge is 0.481 e. The van der Waals surface area contributed by atoms with Crippen molar-refractivity contribution in [2.75, 3.05) is 33.0 Å². The SMILES string of the molecule is CC#CCOc1ccc(C[C@H](NC(=O)[C@@H](C=CCCCCCCC2(CCCCCCC)OCCO2)[C@@](O)(CCO[Si](C)(C)C(C)(C)C)C(=O)O)C(=O)OCC(=O)c2ccccc2)cc1. The van der Waals surface area contributed by atoms with Crippen LogP contribution in [0.3, 0.4) is 0 Å². The van der Waals surface area contributed by atoms with Gasteiger partial charge in [-0.15, -0.1) is 5.92 Å². The first-order valence-corrected chi connectivity index (χ1v) is 26.1. The number of carbonyl (C=O) groups is 4. The van der Waals surface area contributed by atoms with Crippen molar-refractivity contribution in [1.82, 2.24) is 5.32 Å². The van der Waals surface area contributed by atoms with E-state index in [-0.39, 0.29) is 31.1 Å². The van der Waals surface area contributed by atoms with E-state index in [1.165, 1.54) is 31.8 Å². The second-order valence-electron chi connectivity index (χ2n) is 18.2. The van der Waals surface area contributed by atoms with Crippen LogP contribution in [0.5, 0.6) is 5.75 Å². The van der Waals surface area contributed by atoms with Crippen LogP contribution in [0.2, 0.25) is 18.1 Å². The third kappa shape index (κ3) is 17.9. The second-order valence-corrected chi connectivity index (χ2v) is 23.0. The van der Waals surface area contributed by atoms with E-state index < -0.39 is 61.9 Å². The average molecular weight is 906 g/mol. The second kappa shape index (κ2) is 27.2. The smallest absolute Gasteiger partial charge is 0.336 e. The molecule has 1 aliphatic heterocycles. The van der Waals surface area contributed by atoms with E-state index in [0.29, 0.717) is 36.5 Å². The molecule has 0 bridgehead atoms. The molecule has 3 N–H and O–H groups in total. The normalized spacial score (nSPS) is 15.7. The molecule has 0 aromatic heterocycles. The number of ether oxygens (including phenoxy) is 4. The molecule has 1 saturated heterocycles. The van der Waals surface area contributed by atoms with Gasteiger partial charge in [0, 0.05) is 37.9 Å². The van der Waals surface area contributed by atoms with Crippen molar-refractivity contribution in [3.63, 3.8) is 0 Å². The lowest BCUT2D eigenvalue weighted by atomic mass is 9.83. The number of carboxylic acid groups (broad SMARTS) is 1. The Kier molecular flexibility index (Phi) is 23.0. The molecule has 13 heteroatoms. The summed E-state index contributed by atoms with van der Waals surface area (Å²) in [5.41, 5.74) is -1.62. The molecule has 2 aromatic rings. The van der Waals surface area contributed by atoms with Gasteiger partial charge in [-0.25, -0.2) is 9.59 Å². The van der Waals surface area contributed by atoms with Gasteiger partial charge in [0.05, 0.1) is 19.1 Å². The van der Waals surface area contributed by atoms with Crippen LogP contribution in [0.15, 0.2) is 66.7 Å². The number of carboxylic acids is 1. The summed E-state index contributed by atoms with van der Waals surface area (Å²) in [6, 6.07) is 13.9. The van der Waals surface area contributed by atoms with Gasteiger partial charge in [-0.05, 0) is 68.4 Å². The Labute approximate surface area is 383 Å². The average Bonchev–Trinajstić information content (AvgIpc) is 3.73. The van der Waals surface area contributed by atoms with Gasteiger partial charge in [0.2, 0.25) is 5.91 Å². The highest BCUT2D eigenvalue weighted by molar-refractivity contribution is 6.74. The van der Waals surface area contributed by atoms with E-state index in [1.54, 1.807) is 67.6 Å². The maximum absolute atomic E-state index is 14.4. The Morgan fingerprint density at radius 3 is 2.12 bits per heavy atom. The predicted molar refractivity (Wildman–Crippen MR) is 251 cm³/mol. The zero-order valence-corrected chi connectivity index (χ0v) is 40.5. The quantitative estimate of drug-likeness (QED) is 0.0171. The van der Waals surface area contributed by atoms with Gasteiger partial charge in [0.25, 0.3) is 0 Å². The van der Waals surface area contributed by atoms with Gasteiger partial charge in [-0.1, -0.05) is 127 Å². The summed E-state index contributed by atoms with van der Waals surface area (Å²) < 4.78 is 29.6. The fraction of sp³-hybridized carbons (Fsp3) is 0.608. The molecule has 12 nitrogen and oxygen atoms in total. The number of carbonyl (C=O) groups excluding carboxylic acids is 3. The van der Waals surface area contributed by atoms with Crippen molar-refractivity contribution in [2.24, 2.45) is 5.92 Å². The molecule has 1 amide bonds. The topological polar surface area (TPSA) is 167 Å². The minimum absolute atomic E-state index is 0.0637. The van der Waals surface area contributed by atoms with Crippen LogP contribution < -0.4 is 10.1 Å². The first-order valence-electron chi connectivity index (χ1n) is 23.2. The third-order valence-electron chi connectivity index (χ3n) is 12.3. The number of nitrogens with one attached hydrogen (secondary N) is 1. The van der Waals surface area contributed by atoms with E-state index in [0.717, 1.165) is 44.9 Å². The van der Waals surface area contributed by atoms with Crippen molar-refractivity contribution < 1.29 is 52.8 Å². The first-order chi connectivity index (χ1) is 30.5. The molecule has 2 aromatic carbocycles. The summed E-state index contributed by atoms with van der Waals surface area (Å²) in [6.07, 6.45) is 14.4. The van der Waals surface area contributed by atoms with Crippen LogP contribution in [-0.2, 0) is 39.4 Å². The predicted octanol–water partition coefficient (Wildman–Crippen LogP) is 9.39. The first kappa shape index (κ1) is 54.0. The van der Waals surface area contributed by atoms with Gasteiger partial charge < -0.3 is 38.9 Å². The molecule has 1 fully saturated rings. The Morgan fingerprint density at radius 2 is 1.53 bits per heavy atom. The van der Waals surface area contributed by atoms with Crippen LogP contribution in [0.25, 0.3) is 0 Å². The number of rotatable bonds is 30. The van der Waals surface area contributed by atoms with Crippen molar-refractivity contribution in [1.29, 1.82) is 0 Å². The molecule has 1 aliphatic rings. The third-order valence-corrected chi connectivity index (χ3v) is 16.8. The number of amides is 1. The van der Waals surface area contributed by atoms with E-state index >= 15 is 0 Å². The Bertz CT molecular complexity index is 1820. The van der Waals surface area contributed by atoms with E-state index in [1.807, 2.05) is 13.1 Å². The number of aliphatic hydroxyl groups is 1. The molecule has 0 spiro atoms. The monoisotopic (exact) mass is 906 g/mol. The molecule has 3 rings (SSSR count). The minimum Gasteiger partial charge on any atom is -0.481 e. The fourth-order valence-corrected chi connectivity index (χ4v) is 8.28. The van der Waals surface area contributed by atoms with E-state index in [4.69, 9.17) is 23.4 Å². The summed E-state index contributed by atoms with van der Waals surface area (Å²) in [4.78, 5) is 54.1. The van der Waals surface area contributed by atoms with Gasteiger partial charge in [0.1, 0.15) is 18.4 Å². The van der Waals surface area contributed by atoms with Crippen LogP contribution in [0.4, 0.5) is 0 Å². The summed E-state index contributed by atoms with van der Waals surface area (Å²) in [7, 11) is -2.36. The van der Waals surface area contributed by atoms with Crippen molar-refractivity contribution in [3.05, 3.63) is 77.9 Å². The number of hydrogen-bond donors (Lipinski definition) is 3. The summed E-state index contributed by atoms with van der Waals surface area (Å²) >= 11 is 0. The summed E-state index contributed by atoms with van der Waals surface area (Å²) in [6.45, 7) is 14.9. The number of ketones is 1. The summed E-state index contributed by atoms with van der Waals surface area (Å²) in [5, 5.41) is 25.1.